The third-order valence-electron chi connectivity index (χ3n) is 5.64. The van der Waals surface area contributed by atoms with Crippen LogP contribution in [0.25, 0.3) is 0 Å². The fourth-order valence-electron chi connectivity index (χ4n) is 3.70. The Labute approximate surface area is 209 Å². The van der Waals surface area contributed by atoms with Crippen molar-refractivity contribution in [1.29, 1.82) is 0 Å². The van der Waals surface area contributed by atoms with Crippen LogP contribution in [0.4, 0.5) is 5.69 Å². The minimum Gasteiger partial charge on any atom is -0.369 e. The highest BCUT2D eigenvalue weighted by Crippen LogP contribution is 2.20. The van der Waals surface area contributed by atoms with Gasteiger partial charge in [-0.25, -0.2) is 0 Å². The van der Waals surface area contributed by atoms with Crippen molar-refractivity contribution in [3.63, 3.8) is 0 Å². The molecule has 6 nitrogen and oxygen atoms in total. The Balaban J connectivity index is 0.00000363. The molecular formula is C25H36IN5O. The van der Waals surface area contributed by atoms with Crippen LogP contribution in [-0.4, -0.2) is 44.6 Å². The van der Waals surface area contributed by atoms with Crippen LogP contribution >= 0.6 is 24.0 Å². The number of amides is 1. The number of carbonyl (C=O) groups excluding carboxylic acids is 1. The van der Waals surface area contributed by atoms with Crippen LogP contribution in [0.1, 0.15) is 47.7 Å². The molecule has 0 radical (unpaired) electrons. The van der Waals surface area contributed by atoms with Gasteiger partial charge in [0.1, 0.15) is 0 Å². The van der Waals surface area contributed by atoms with Crippen molar-refractivity contribution < 1.29 is 4.79 Å². The number of carbonyl (C=O) groups is 1. The Bertz CT molecular complexity index is 867. The first kappa shape index (κ1) is 26.0. The Morgan fingerprint density at radius 2 is 1.81 bits per heavy atom. The summed E-state index contributed by atoms with van der Waals surface area (Å²) in [4.78, 5) is 18.9. The van der Waals surface area contributed by atoms with Gasteiger partial charge in [0.25, 0.3) is 5.91 Å². The predicted molar refractivity (Wildman–Crippen MR) is 144 cm³/mol. The molecule has 32 heavy (non-hydrogen) atoms. The highest BCUT2D eigenvalue weighted by atomic mass is 127. The summed E-state index contributed by atoms with van der Waals surface area (Å²) in [7, 11) is 1.80. The van der Waals surface area contributed by atoms with Crippen LogP contribution in [-0.2, 0) is 6.54 Å². The van der Waals surface area contributed by atoms with Gasteiger partial charge in [0.05, 0.1) is 0 Å². The third kappa shape index (κ3) is 7.69. The normalized spacial score (nSPS) is 15.8. The molecule has 2 aromatic rings. The number of hydrogen-bond donors (Lipinski definition) is 3. The Morgan fingerprint density at radius 1 is 1.09 bits per heavy atom. The molecule has 7 heteroatoms. The first-order valence-corrected chi connectivity index (χ1v) is 11.2. The lowest BCUT2D eigenvalue weighted by molar-refractivity contribution is 0.0953. The third-order valence-corrected chi connectivity index (χ3v) is 5.64. The number of rotatable bonds is 8. The summed E-state index contributed by atoms with van der Waals surface area (Å²) in [5.74, 6) is 0.793. The summed E-state index contributed by atoms with van der Waals surface area (Å²) in [6.07, 6.45) is 3.16. The largest absolute Gasteiger partial charge is 0.369 e. The molecule has 1 aliphatic heterocycles. The highest BCUT2D eigenvalue weighted by molar-refractivity contribution is 14.0. The number of aryl methyl sites for hydroxylation is 1. The molecule has 1 atom stereocenters. The zero-order valence-corrected chi connectivity index (χ0v) is 21.7. The van der Waals surface area contributed by atoms with Gasteiger partial charge in [-0.1, -0.05) is 43.2 Å². The second kappa shape index (κ2) is 13.3. The summed E-state index contributed by atoms with van der Waals surface area (Å²) in [6.45, 7) is 7.62. The molecule has 1 aliphatic rings. The molecule has 0 bridgehead atoms. The molecule has 1 amide bonds. The second-order valence-corrected chi connectivity index (χ2v) is 8.14. The van der Waals surface area contributed by atoms with E-state index in [4.69, 9.17) is 0 Å². The minimum atomic E-state index is -0.00944. The first-order valence-electron chi connectivity index (χ1n) is 11.2. The van der Waals surface area contributed by atoms with Gasteiger partial charge in [0.2, 0.25) is 0 Å². The molecule has 3 N–H and O–H groups in total. The number of guanidine groups is 1. The van der Waals surface area contributed by atoms with E-state index >= 15 is 0 Å². The number of unbranched alkanes of at least 4 members (excludes halogenated alkanes) is 1. The molecule has 1 heterocycles. The van der Waals surface area contributed by atoms with Crippen molar-refractivity contribution in [2.24, 2.45) is 4.99 Å². The van der Waals surface area contributed by atoms with Crippen molar-refractivity contribution in [2.45, 2.75) is 45.7 Å². The topological polar surface area (TPSA) is 68.8 Å². The maximum atomic E-state index is 12.1. The van der Waals surface area contributed by atoms with E-state index in [-0.39, 0.29) is 29.9 Å². The van der Waals surface area contributed by atoms with E-state index in [1.165, 1.54) is 11.3 Å². The Hall–Kier alpha value is -2.29. The summed E-state index contributed by atoms with van der Waals surface area (Å²) >= 11 is 0. The smallest absolute Gasteiger partial charge is 0.251 e. The van der Waals surface area contributed by atoms with Gasteiger partial charge in [0.15, 0.2) is 5.96 Å². The van der Waals surface area contributed by atoms with Gasteiger partial charge >= 0.3 is 0 Å². The maximum absolute atomic E-state index is 12.1. The van der Waals surface area contributed by atoms with Gasteiger partial charge in [-0.2, -0.15) is 0 Å². The second-order valence-electron chi connectivity index (χ2n) is 8.14. The molecule has 2 aromatic carbocycles. The van der Waals surface area contributed by atoms with Gasteiger partial charge in [-0.05, 0) is 49.6 Å². The minimum absolute atomic E-state index is 0. The molecule has 0 saturated carbocycles. The number of anilines is 1. The van der Waals surface area contributed by atoms with Crippen molar-refractivity contribution >= 4 is 41.5 Å². The van der Waals surface area contributed by atoms with Crippen molar-refractivity contribution in [3.05, 3.63) is 65.2 Å². The predicted octanol–water partition coefficient (Wildman–Crippen LogP) is 4.09. The van der Waals surface area contributed by atoms with E-state index < -0.39 is 0 Å². The quantitative estimate of drug-likeness (QED) is 0.201. The monoisotopic (exact) mass is 549 g/mol. The average Bonchev–Trinajstić information content (AvgIpc) is 3.26. The fourth-order valence-corrected chi connectivity index (χ4v) is 3.70. The highest BCUT2D eigenvalue weighted by Gasteiger charge is 2.23. The average molecular weight is 550 g/mol. The standard InChI is InChI=1S/C25H35N5O.HI/c1-4-5-15-27-24(31)21-10-8-20(9-11-21)17-28-25(26-3)29-22-14-16-30(18-22)23-12-6-19(2)7-13-23;/h6-13,22H,4-5,14-18H2,1-3H3,(H,27,31)(H2,26,28,29);1H. The fraction of sp³-hybridized carbons (Fsp3) is 0.440. The van der Waals surface area contributed by atoms with E-state index in [1.807, 2.05) is 24.3 Å². The van der Waals surface area contributed by atoms with Crippen molar-refractivity contribution in [2.75, 3.05) is 31.6 Å². The summed E-state index contributed by atoms with van der Waals surface area (Å²) in [5, 5.41) is 9.87. The number of benzene rings is 2. The Morgan fingerprint density at radius 3 is 2.47 bits per heavy atom. The van der Waals surface area contributed by atoms with Crippen LogP contribution in [0, 0.1) is 6.92 Å². The number of halogens is 1. The van der Waals surface area contributed by atoms with Crippen LogP contribution < -0.4 is 20.9 Å². The van der Waals surface area contributed by atoms with Gasteiger partial charge in [-0.3, -0.25) is 9.79 Å². The van der Waals surface area contributed by atoms with Gasteiger partial charge in [-0.15, -0.1) is 24.0 Å². The molecule has 1 fully saturated rings. The first-order chi connectivity index (χ1) is 15.1. The molecule has 3 rings (SSSR count). The van der Waals surface area contributed by atoms with E-state index in [2.05, 4.69) is 64.0 Å². The number of nitrogens with one attached hydrogen (secondary N) is 3. The van der Waals surface area contributed by atoms with Crippen molar-refractivity contribution in [3.8, 4) is 0 Å². The van der Waals surface area contributed by atoms with Crippen LogP contribution in [0.15, 0.2) is 53.5 Å². The van der Waals surface area contributed by atoms with Crippen LogP contribution in [0.2, 0.25) is 0 Å². The summed E-state index contributed by atoms with van der Waals surface area (Å²) in [6, 6.07) is 16.8. The molecular weight excluding hydrogens is 513 g/mol. The van der Waals surface area contributed by atoms with Crippen LogP contribution in [0.5, 0.6) is 0 Å². The number of aliphatic imine (C=N–C) groups is 1. The molecule has 1 saturated heterocycles. The van der Waals surface area contributed by atoms with E-state index in [0.717, 1.165) is 50.4 Å². The number of hydrogen-bond acceptors (Lipinski definition) is 3. The summed E-state index contributed by atoms with van der Waals surface area (Å²) < 4.78 is 0. The van der Waals surface area contributed by atoms with Gasteiger partial charge < -0.3 is 20.9 Å². The van der Waals surface area contributed by atoms with Crippen LogP contribution in [0.3, 0.4) is 0 Å². The lowest BCUT2D eigenvalue weighted by Gasteiger charge is -2.20. The van der Waals surface area contributed by atoms with E-state index in [9.17, 15) is 4.79 Å². The lowest BCUT2D eigenvalue weighted by Crippen LogP contribution is -2.44. The Kier molecular flexibility index (Phi) is 10.8. The zero-order chi connectivity index (χ0) is 22.1. The summed E-state index contributed by atoms with van der Waals surface area (Å²) in [5.41, 5.74) is 4.37. The molecule has 0 aromatic heterocycles. The number of nitrogens with zero attached hydrogens (tertiary/aromatic N) is 2. The molecule has 0 spiro atoms. The lowest BCUT2D eigenvalue weighted by atomic mass is 10.1. The van der Waals surface area contributed by atoms with Gasteiger partial charge in [0, 0.05) is 50.5 Å². The van der Waals surface area contributed by atoms with E-state index in [1.54, 1.807) is 7.05 Å². The zero-order valence-electron chi connectivity index (χ0n) is 19.4. The van der Waals surface area contributed by atoms with E-state index in [0.29, 0.717) is 18.2 Å². The molecule has 174 valence electrons. The molecule has 0 aliphatic carbocycles. The SMILES string of the molecule is CCCCNC(=O)c1ccc(CNC(=NC)NC2CCN(c3ccc(C)cc3)C2)cc1.I. The molecule has 1 unspecified atom stereocenters. The van der Waals surface area contributed by atoms with Crippen molar-refractivity contribution in [1.82, 2.24) is 16.0 Å². The maximum Gasteiger partial charge on any atom is 0.251 e.